The number of carboxylic acids is 1. The molecule has 0 bridgehead atoms. The van der Waals surface area contributed by atoms with Gasteiger partial charge >= 0.3 is 5.97 Å². The van der Waals surface area contributed by atoms with Gasteiger partial charge in [0, 0.05) is 0 Å². The van der Waals surface area contributed by atoms with E-state index in [-0.39, 0.29) is 10.8 Å². The first kappa shape index (κ1) is 23.1. The topological polar surface area (TPSA) is 92.7 Å². The van der Waals surface area contributed by atoms with Crippen molar-refractivity contribution >= 4 is 46.6 Å². The first-order valence-electron chi connectivity index (χ1n) is 10.6. The van der Waals surface area contributed by atoms with E-state index in [1.165, 1.54) is 0 Å². The van der Waals surface area contributed by atoms with Gasteiger partial charge in [0.25, 0.3) is 11.1 Å². The number of aliphatic carboxylic acids is 1. The van der Waals surface area contributed by atoms with Crippen LogP contribution in [-0.4, -0.2) is 22.2 Å². The van der Waals surface area contributed by atoms with Crippen LogP contribution in [-0.2, 0) is 16.0 Å². The van der Waals surface area contributed by atoms with E-state index >= 15 is 0 Å². The van der Waals surface area contributed by atoms with Crippen LogP contribution in [0.2, 0.25) is 0 Å². The lowest BCUT2D eigenvalue weighted by atomic mass is 9.99. The van der Waals surface area contributed by atoms with Gasteiger partial charge in [0.15, 0.2) is 0 Å². The molecule has 3 aromatic carbocycles. The number of thioether (sulfide) groups is 1. The molecule has 34 heavy (non-hydrogen) atoms. The summed E-state index contributed by atoms with van der Waals surface area (Å²) in [6.07, 6.45) is 4.15. The summed E-state index contributed by atoms with van der Waals surface area (Å²) < 4.78 is 5.87. The maximum absolute atomic E-state index is 11.9. The zero-order valence-corrected chi connectivity index (χ0v) is 19.1. The van der Waals surface area contributed by atoms with Gasteiger partial charge in [0.05, 0.1) is 10.5 Å². The van der Waals surface area contributed by atoms with Gasteiger partial charge in [0.2, 0.25) is 0 Å². The number of imide groups is 1. The van der Waals surface area contributed by atoms with E-state index in [1.807, 2.05) is 31.2 Å². The van der Waals surface area contributed by atoms with E-state index in [9.17, 15) is 19.5 Å². The molecule has 3 aromatic rings. The van der Waals surface area contributed by atoms with Gasteiger partial charge in [0.1, 0.15) is 11.5 Å². The van der Waals surface area contributed by atoms with Gasteiger partial charge in [-0.15, -0.1) is 0 Å². The summed E-state index contributed by atoms with van der Waals surface area (Å²) in [6.45, 7) is 2.04. The fourth-order valence-corrected chi connectivity index (χ4v) is 4.15. The second kappa shape index (κ2) is 10.2. The highest BCUT2D eigenvalue weighted by atomic mass is 32.2. The highest BCUT2D eigenvalue weighted by Gasteiger charge is 2.24. The summed E-state index contributed by atoms with van der Waals surface area (Å²) in [7, 11) is 0. The van der Waals surface area contributed by atoms with E-state index in [1.54, 1.807) is 60.7 Å². The molecule has 1 heterocycles. The van der Waals surface area contributed by atoms with Crippen LogP contribution >= 0.6 is 11.8 Å². The van der Waals surface area contributed by atoms with Crippen LogP contribution in [0.3, 0.4) is 0 Å². The molecule has 0 spiro atoms. The van der Waals surface area contributed by atoms with Crippen LogP contribution in [0.5, 0.6) is 11.5 Å². The fourth-order valence-electron chi connectivity index (χ4n) is 3.46. The monoisotopic (exact) mass is 471 g/mol. The van der Waals surface area contributed by atoms with Crippen molar-refractivity contribution in [1.82, 2.24) is 5.32 Å². The Kier molecular flexibility index (Phi) is 6.94. The molecule has 2 N–H and O–H groups in total. The van der Waals surface area contributed by atoms with E-state index in [0.717, 1.165) is 34.9 Å². The fraction of sp³-hybridized carbons (Fsp3) is 0.0741. The lowest BCUT2D eigenvalue weighted by Crippen LogP contribution is -2.17. The standard InChI is InChI=1S/C27H21NO5S/c1-2-18-5-3-4-6-20(18)16-23(26(30)31)19-9-13-22(14-10-19)33-21-11-7-17(8-12-21)15-24-25(29)28-27(32)34-24/h3-16H,2H2,1H3,(H,30,31)(H,28,29,32)/b23-16?,24-15-. The number of ether oxygens (including phenoxy) is 1. The Morgan fingerprint density at radius 2 is 1.62 bits per heavy atom. The molecule has 0 saturated carbocycles. The zero-order chi connectivity index (χ0) is 24.1. The van der Waals surface area contributed by atoms with Crippen LogP contribution in [0.1, 0.15) is 29.2 Å². The molecule has 0 aromatic heterocycles. The van der Waals surface area contributed by atoms with Crippen LogP contribution < -0.4 is 10.1 Å². The quantitative estimate of drug-likeness (QED) is 0.325. The van der Waals surface area contributed by atoms with Crippen molar-refractivity contribution in [2.75, 3.05) is 0 Å². The second-order valence-corrected chi connectivity index (χ2v) is 8.48. The summed E-state index contributed by atoms with van der Waals surface area (Å²) in [5.74, 6) is -0.256. The number of carbonyl (C=O) groups excluding carboxylic acids is 2. The van der Waals surface area contributed by atoms with Crippen molar-refractivity contribution in [3.05, 3.63) is 100.0 Å². The highest BCUT2D eigenvalue weighted by molar-refractivity contribution is 8.18. The molecule has 2 amide bonds. The molecule has 0 atom stereocenters. The third-order valence-electron chi connectivity index (χ3n) is 5.19. The third-order valence-corrected chi connectivity index (χ3v) is 6.00. The molecule has 0 unspecified atom stereocenters. The molecule has 1 saturated heterocycles. The molecule has 0 radical (unpaired) electrons. The van der Waals surface area contributed by atoms with Gasteiger partial charge in [-0.05, 0) is 76.9 Å². The van der Waals surface area contributed by atoms with Crippen LogP contribution in [0, 0.1) is 0 Å². The average Bonchev–Trinajstić information content (AvgIpc) is 3.15. The van der Waals surface area contributed by atoms with E-state index in [4.69, 9.17) is 4.74 Å². The van der Waals surface area contributed by atoms with Crippen LogP contribution in [0.25, 0.3) is 17.7 Å². The summed E-state index contributed by atoms with van der Waals surface area (Å²) in [4.78, 5) is 35.2. The molecule has 4 rings (SSSR count). The van der Waals surface area contributed by atoms with Crippen LogP contribution in [0.4, 0.5) is 4.79 Å². The minimum absolute atomic E-state index is 0.206. The van der Waals surface area contributed by atoms with Gasteiger partial charge < -0.3 is 9.84 Å². The average molecular weight is 472 g/mol. The smallest absolute Gasteiger partial charge is 0.336 e. The van der Waals surface area contributed by atoms with E-state index < -0.39 is 11.9 Å². The van der Waals surface area contributed by atoms with Gasteiger partial charge in [-0.25, -0.2) is 4.79 Å². The molecular weight excluding hydrogens is 450 g/mol. The Bertz CT molecular complexity index is 1310. The van der Waals surface area contributed by atoms with E-state index in [2.05, 4.69) is 5.32 Å². The number of hydrogen-bond acceptors (Lipinski definition) is 5. The molecule has 0 aliphatic carbocycles. The Labute approximate surface area is 201 Å². The Balaban J connectivity index is 1.49. The number of aryl methyl sites for hydroxylation is 1. The van der Waals surface area contributed by atoms with Gasteiger partial charge in [-0.3, -0.25) is 14.9 Å². The molecule has 7 heteroatoms. The molecule has 1 aliphatic heterocycles. The predicted molar refractivity (Wildman–Crippen MR) is 133 cm³/mol. The first-order valence-corrected chi connectivity index (χ1v) is 11.4. The van der Waals surface area contributed by atoms with Crippen LogP contribution in [0.15, 0.2) is 77.7 Å². The minimum Gasteiger partial charge on any atom is -0.478 e. The molecule has 1 aliphatic rings. The predicted octanol–water partition coefficient (Wildman–Crippen LogP) is 5.99. The lowest BCUT2D eigenvalue weighted by Gasteiger charge is -2.09. The van der Waals surface area contributed by atoms with Crippen molar-refractivity contribution < 1.29 is 24.2 Å². The molecular formula is C27H21NO5S. The molecule has 170 valence electrons. The maximum atomic E-state index is 11.9. The SMILES string of the molecule is CCc1ccccc1C=C(C(=O)O)c1ccc(Oc2ccc(/C=C3\SC(=O)NC3=O)cc2)cc1. The Morgan fingerprint density at radius 3 is 2.21 bits per heavy atom. The zero-order valence-electron chi connectivity index (χ0n) is 18.3. The number of carboxylic acid groups (broad SMARTS) is 1. The van der Waals surface area contributed by atoms with Gasteiger partial charge in [-0.2, -0.15) is 0 Å². The van der Waals surface area contributed by atoms with Crippen molar-refractivity contribution in [1.29, 1.82) is 0 Å². The number of benzene rings is 3. The number of rotatable bonds is 7. The Hall–Kier alpha value is -4.10. The first-order chi connectivity index (χ1) is 16.4. The van der Waals surface area contributed by atoms with E-state index in [0.29, 0.717) is 22.0 Å². The second-order valence-electron chi connectivity index (χ2n) is 7.46. The number of nitrogens with one attached hydrogen (secondary N) is 1. The number of amides is 2. The van der Waals surface area contributed by atoms with Crippen molar-refractivity contribution in [3.8, 4) is 11.5 Å². The minimum atomic E-state index is -1.000. The van der Waals surface area contributed by atoms with Gasteiger partial charge in [-0.1, -0.05) is 55.5 Å². The lowest BCUT2D eigenvalue weighted by molar-refractivity contribution is -0.130. The summed E-state index contributed by atoms with van der Waals surface area (Å²) in [5, 5.41) is 11.6. The maximum Gasteiger partial charge on any atom is 0.336 e. The molecule has 1 fully saturated rings. The van der Waals surface area contributed by atoms with Crippen molar-refractivity contribution in [3.63, 3.8) is 0 Å². The number of carbonyl (C=O) groups is 3. The number of hydrogen-bond donors (Lipinski definition) is 2. The summed E-state index contributed by atoms with van der Waals surface area (Å²) >= 11 is 0.867. The van der Waals surface area contributed by atoms with Crippen molar-refractivity contribution in [2.24, 2.45) is 0 Å². The summed E-state index contributed by atoms with van der Waals surface area (Å²) in [5.41, 5.74) is 3.51. The largest absolute Gasteiger partial charge is 0.478 e. The molecule has 6 nitrogen and oxygen atoms in total. The normalized spacial score (nSPS) is 14.9. The third kappa shape index (κ3) is 5.44. The van der Waals surface area contributed by atoms with Crippen molar-refractivity contribution in [2.45, 2.75) is 13.3 Å². The highest BCUT2D eigenvalue weighted by Crippen LogP contribution is 2.28. The summed E-state index contributed by atoms with van der Waals surface area (Å²) in [6, 6.07) is 21.7. The Morgan fingerprint density at radius 1 is 0.971 bits per heavy atom.